The molecule has 2 aromatic carbocycles. The molecule has 0 saturated carbocycles. The third kappa shape index (κ3) is 3.86. The van der Waals surface area contributed by atoms with Crippen LogP contribution in [0.2, 0.25) is 0 Å². The Bertz CT molecular complexity index is 981. The average Bonchev–Trinajstić information content (AvgIpc) is 3.21. The lowest BCUT2D eigenvalue weighted by Crippen LogP contribution is -2.38. The van der Waals surface area contributed by atoms with Crippen molar-refractivity contribution < 1.29 is 18.7 Å². The molecule has 0 fully saturated rings. The van der Waals surface area contributed by atoms with Gasteiger partial charge in [0.2, 0.25) is 0 Å². The maximum Gasteiger partial charge on any atom is 0.294 e. The van der Waals surface area contributed by atoms with Crippen molar-refractivity contribution in [1.82, 2.24) is 0 Å². The van der Waals surface area contributed by atoms with Gasteiger partial charge in [-0.25, -0.2) is 0 Å². The zero-order valence-electron chi connectivity index (χ0n) is 15.2. The fraction of sp³-hybridized carbons (Fsp3) is 0.136. The van der Waals surface area contributed by atoms with E-state index in [1.165, 1.54) is 0 Å². The third-order valence-corrected chi connectivity index (χ3v) is 4.31. The Balaban J connectivity index is 1.51. The van der Waals surface area contributed by atoms with Crippen LogP contribution in [-0.4, -0.2) is 19.1 Å². The number of nitrogens with two attached hydrogens (primary N) is 1. The molecule has 0 radical (unpaired) electrons. The maximum absolute atomic E-state index is 13.0. The van der Waals surface area contributed by atoms with Gasteiger partial charge in [0.05, 0.1) is 18.6 Å². The zero-order valence-corrected chi connectivity index (χ0v) is 15.2. The first-order chi connectivity index (χ1) is 13.7. The second-order valence-corrected chi connectivity index (χ2v) is 6.33. The van der Waals surface area contributed by atoms with Gasteiger partial charge in [0.25, 0.3) is 5.91 Å². The first-order valence-corrected chi connectivity index (χ1v) is 9.03. The van der Waals surface area contributed by atoms with Crippen LogP contribution in [0, 0.1) is 0 Å². The monoisotopic (exact) mass is 376 g/mol. The highest BCUT2D eigenvalue weighted by molar-refractivity contribution is 6.09. The first-order valence-electron chi connectivity index (χ1n) is 9.03. The summed E-state index contributed by atoms with van der Waals surface area (Å²) < 4.78 is 16.8. The molecule has 1 aliphatic rings. The molecule has 0 spiro atoms. The summed E-state index contributed by atoms with van der Waals surface area (Å²) in [5, 5.41) is 0. The lowest BCUT2D eigenvalue weighted by molar-refractivity contribution is -0.117. The van der Waals surface area contributed by atoms with Crippen molar-refractivity contribution in [3.8, 4) is 11.5 Å². The molecule has 3 aromatic rings. The number of ether oxygens (including phenoxy) is 2. The Morgan fingerprint density at radius 2 is 1.93 bits per heavy atom. The van der Waals surface area contributed by atoms with Crippen LogP contribution in [0.3, 0.4) is 0 Å². The summed E-state index contributed by atoms with van der Waals surface area (Å²) in [4.78, 5) is 14.7. The Morgan fingerprint density at radius 1 is 1.07 bits per heavy atom. The van der Waals surface area contributed by atoms with Gasteiger partial charge in [-0.3, -0.25) is 4.79 Å². The number of rotatable bonds is 6. The lowest BCUT2D eigenvalue weighted by Gasteiger charge is -2.30. The van der Waals surface area contributed by atoms with Gasteiger partial charge in [0.15, 0.2) is 11.5 Å². The molecule has 6 nitrogen and oxygen atoms in total. The number of hydrogen-bond donors (Lipinski definition) is 1. The van der Waals surface area contributed by atoms with Gasteiger partial charge < -0.3 is 24.5 Å². The smallest absolute Gasteiger partial charge is 0.294 e. The minimum Gasteiger partial charge on any atom is -0.494 e. The van der Waals surface area contributed by atoms with Gasteiger partial charge in [0.1, 0.15) is 11.5 Å². The van der Waals surface area contributed by atoms with Gasteiger partial charge in [-0.15, -0.1) is 0 Å². The molecule has 1 amide bonds. The molecule has 4 rings (SSSR count). The quantitative estimate of drug-likeness (QED) is 0.398. The summed E-state index contributed by atoms with van der Waals surface area (Å²) in [5.74, 6) is 1.86. The minimum absolute atomic E-state index is 0.192. The topological polar surface area (TPSA) is 77.9 Å². The largest absolute Gasteiger partial charge is 0.494 e. The Morgan fingerprint density at radius 3 is 2.71 bits per heavy atom. The molecule has 6 heteroatoms. The summed E-state index contributed by atoms with van der Waals surface area (Å²) in [7, 11) is 0. The van der Waals surface area contributed by atoms with E-state index in [4.69, 9.17) is 19.6 Å². The number of benzene rings is 2. The van der Waals surface area contributed by atoms with Gasteiger partial charge in [-0.05, 0) is 42.8 Å². The fourth-order valence-corrected chi connectivity index (χ4v) is 2.99. The molecular weight excluding hydrogens is 356 g/mol. The van der Waals surface area contributed by atoms with Crippen LogP contribution in [-0.2, 0) is 4.79 Å². The molecule has 2 N–H and O–H groups in total. The summed E-state index contributed by atoms with van der Waals surface area (Å²) >= 11 is 0. The Labute approximate surface area is 162 Å². The van der Waals surface area contributed by atoms with E-state index in [2.05, 4.69) is 0 Å². The van der Waals surface area contributed by atoms with E-state index in [9.17, 15) is 4.79 Å². The first kappa shape index (κ1) is 17.7. The second kappa shape index (κ2) is 7.92. The van der Waals surface area contributed by atoms with Crippen LogP contribution < -0.4 is 20.1 Å². The number of carbonyl (C=O) groups excluding carboxylic acids is 1. The number of hydrogen-bond acceptors (Lipinski definition) is 5. The predicted octanol–water partition coefficient (Wildman–Crippen LogP) is 4.10. The Kier molecular flexibility index (Phi) is 5.01. The second-order valence-electron chi connectivity index (χ2n) is 6.33. The number of nitrogen functional groups attached to an aromatic ring is 1. The van der Waals surface area contributed by atoms with Crippen LogP contribution >= 0.6 is 0 Å². The van der Waals surface area contributed by atoms with Crippen molar-refractivity contribution in [3.63, 3.8) is 0 Å². The van der Waals surface area contributed by atoms with E-state index in [0.29, 0.717) is 42.5 Å². The van der Waals surface area contributed by atoms with E-state index in [-0.39, 0.29) is 11.7 Å². The SMILES string of the molecule is Nc1ccc2c(c1)O/C(=C/c1ccco1)C(=O)N2CCCOc1ccccc1. The molecule has 0 unspecified atom stereocenters. The molecule has 0 saturated heterocycles. The normalized spacial score (nSPS) is 14.6. The molecule has 0 aliphatic carbocycles. The standard InChI is InChI=1S/C22H20N2O4/c23-16-9-10-19-20(14-16)28-21(15-18-8-4-12-27-18)22(25)24(19)11-5-13-26-17-6-2-1-3-7-17/h1-4,6-10,12,14-15H,5,11,13,23H2/b21-15+. The van der Waals surface area contributed by atoms with E-state index in [0.717, 1.165) is 5.75 Å². The minimum atomic E-state index is -0.228. The van der Waals surface area contributed by atoms with E-state index in [1.54, 1.807) is 47.6 Å². The molecule has 1 aliphatic heterocycles. The number of anilines is 2. The van der Waals surface area contributed by atoms with Crippen molar-refractivity contribution >= 4 is 23.4 Å². The summed E-state index contributed by atoms with van der Waals surface area (Å²) in [5.41, 5.74) is 7.15. The van der Waals surface area contributed by atoms with Crippen LogP contribution in [0.15, 0.2) is 77.1 Å². The van der Waals surface area contributed by atoms with Crippen molar-refractivity contribution in [1.29, 1.82) is 0 Å². The average molecular weight is 376 g/mol. The maximum atomic E-state index is 13.0. The molecule has 2 heterocycles. The van der Waals surface area contributed by atoms with E-state index < -0.39 is 0 Å². The number of furan rings is 1. The Hall–Kier alpha value is -3.67. The molecule has 0 atom stereocenters. The number of para-hydroxylation sites is 1. The van der Waals surface area contributed by atoms with E-state index >= 15 is 0 Å². The number of amides is 1. The van der Waals surface area contributed by atoms with Gasteiger partial charge >= 0.3 is 0 Å². The highest BCUT2D eigenvalue weighted by atomic mass is 16.5. The third-order valence-electron chi connectivity index (χ3n) is 4.31. The van der Waals surface area contributed by atoms with Gasteiger partial charge in [-0.2, -0.15) is 0 Å². The van der Waals surface area contributed by atoms with Crippen molar-refractivity contribution in [2.75, 3.05) is 23.8 Å². The lowest BCUT2D eigenvalue weighted by atomic mass is 10.1. The molecule has 1 aromatic heterocycles. The van der Waals surface area contributed by atoms with Crippen LogP contribution in [0.25, 0.3) is 6.08 Å². The predicted molar refractivity (Wildman–Crippen MR) is 107 cm³/mol. The van der Waals surface area contributed by atoms with Crippen LogP contribution in [0.5, 0.6) is 11.5 Å². The molecule has 0 bridgehead atoms. The number of fused-ring (bicyclic) bond motifs is 1. The molecule has 142 valence electrons. The van der Waals surface area contributed by atoms with Crippen molar-refractivity contribution in [2.24, 2.45) is 0 Å². The highest BCUT2D eigenvalue weighted by Crippen LogP contribution is 2.37. The van der Waals surface area contributed by atoms with Crippen LogP contribution in [0.1, 0.15) is 12.2 Å². The van der Waals surface area contributed by atoms with Gasteiger partial charge in [-0.1, -0.05) is 18.2 Å². The zero-order chi connectivity index (χ0) is 19.3. The van der Waals surface area contributed by atoms with Gasteiger partial charge in [0, 0.05) is 24.4 Å². The molecular formula is C22H20N2O4. The van der Waals surface area contributed by atoms with Crippen molar-refractivity contribution in [2.45, 2.75) is 6.42 Å². The summed E-state index contributed by atoms with van der Waals surface area (Å²) in [6.07, 6.45) is 3.80. The molecule has 28 heavy (non-hydrogen) atoms. The van der Waals surface area contributed by atoms with Crippen molar-refractivity contribution in [3.05, 3.63) is 78.4 Å². The highest BCUT2D eigenvalue weighted by Gasteiger charge is 2.30. The summed E-state index contributed by atoms with van der Waals surface area (Å²) in [6.45, 7) is 0.984. The number of carbonyl (C=O) groups is 1. The van der Waals surface area contributed by atoms with E-state index in [1.807, 2.05) is 30.3 Å². The number of nitrogens with zero attached hydrogens (tertiary/aromatic N) is 1. The van der Waals surface area contributed by atoms with Crippen LogP contribution in [0.4, 0.5) is 11.4 Å². The summed E-state index contributed by atoms with van der Waals surface area (Å²) in [6, 6.07) is 18.4. The fourth-order valence-electron chi connectivity index (χ4n) is 2.99.